The molecule has 0 saturated carbocycles. The molecule has 0 saturated heterocycles. The lowest BCUT2D eigenvalue weighted by atomic mass is 10.1. The first kappa shape index (κ1) is 21.0. The van der Waals surface area contributed by atoms with Crippen LogP contribution in [-0.4, -0.2) is 40.9 Å². The van der Waals surface area contributed by atoms with Gasteiger partial charge in [0.15, 0.2) is 0 Å². The summed E-state index contributed by atoms with van der Waals surface area (Å²) in [6, 6.07) is 13.9. The second-order valence-electron chi connectivity index (χ2n) is 7.37. The number of pyridine rings is 1. The van der Waals surface area contributed by atoms with Crippen LogP contribution < -0.4 is 11.1 Å². The van der Waals surface area contributed by atoms with Crippen molar-refractivity contribution in [2.24, 2.45) is 0 Å². The van der Waals surface area contributed by atoms with Crippen LogP contribution >= 0.6 is 0 Å². The van der Waals surface area contributed by atoms with Gasteiger partial charge in [-0.3, -0.25) is 19.1 Å². The Morgan fingerprint density at radius 3 is 2.35 bits per heavy atom. The van der Waals surface area contributed by atoms with E-state index in [1.165, 1.54) is 35.4 Å². The number of fused-ring (bicyclic) bond motifs is 2. The van der Waals surface area contributed by atoms with Crippen LogP contribution in [0.15, 0.2) is 69.2 Å². The standard InChI is InChI=1S/C22H22N4O4S/c1-4-25-18-11-10-17(31(29,30)24(2)3)13-19(18)26(22(28)21(25)27)14-16-8-5-7-15-9-6-12-23-20(15)16/h5-13H,4,14H2,1-3H3. The van der Waals surface area contributed by atoms with Gasteiger partial charge in [0.1, 0.15) is 0 Å². The molecule has 0 fully saturated rings. The van der Waals surface area contributed by atoms with E-state index >= 15 is 0 Å². The van der Waals surface area contributed by atoms with Gasteiger partial charge in [-0.25, -0.2) is 12.7 Å². The van der Waals surface area contributed by atoms with Gasteiger partial charge < -0.3 is 4.57 Å². The third-order valence-electron chi connectivity index (χ3n) is 5.34. The number of aromatic nitrogens is 3. The van der Waals surface area contributed by atoms with Gasteiger partial charge in [0, 0.05) is 32.2 Å². The fourth-order valence-corrected chi connectivity index (χ4v) is 4.63. The minimum atomic E-state index is -3.72. The molecule has 0 atom stereocenters. The first-order valence-corrected chi connectivity index (χ1v) is 11.2. The summed E-state index contributed by atoms with van der Waals surface area (Å²) < 4.78 is 29.2. The van der Waals surface area contributed by atoms with Crippen LogP contribution in [0.4, 0.5) is 0 Å². The number of benzene rings is 2. The Bertz CT molecular complexity index is 1530. The summed E-state index contributed by atoms with van der Waals surface area (Å²) in [6.07, 6.45) is 1.67. The van der Waals surface area contributed by atoms with Gasteiger partial charge in [-0.1, -0.05) is 24.3 Å². The number of hydrogen-bond acceptors (Lipinski definition) is 5. The highest BCUT2D eigenvalue weighted by Gasteiger charge is 2.20. The van der Waals surface area contributed by atoms with Crippen molar-refractivity contribution in [2.45, 2.75) is 24.9 Å². The van der Waals surface area contributed by atoms with Crippen molar-refractivity contribution in [3.63, 3.8) is 0 Å². The van der Waals surface area contributed by atoms with Crippen molar-refractivity contribution in [1.29, 1.82) is 0 Å². The number of sulfonamides is 1. The summed E-state index contributed by atoms with van der Waals surface area (Å²) >= 11 is 0. The molecule has 0 aliphatic heterocycles. The maximum absolute atomic E-state index is 13.0. The van der Waals surface area contributed by atoms with E-state index in [0.717, 1.165) is 20.8 Å². The quantitative estimate of drug-likeness (QED) is 0.445. The molecule has 0 bridgehead atoms. The summed E-state index contributed by atoms with van der Waals surface area (Å²) in [6.45, 7) is 2.15. The Hall–Kier alpha value is -3.30. The van der Waals surface area contributed by atoms with Crippen LogP contribution in [0.25, 0.3) is 21.9 Å². The topological polar surface area (TPSA) is 94.3 Å². The second-order valence-corrected chi connectivity index (χ2v) is 9.52. The van der Waals surface area contributed by atoms with Gasteiger partial charge in [-0.2, -0.15) is 0 Å². The molecule has 4 aromatic rings. The van der Waals surface area contributed by atoms with Gasteiger partial charge in [0.2, 0.25) is 10.0 Å². The van der Waals surface area contributed by atoms with Crippen LogP contribution in [0.3, 0.4) is 0 Å². The van der Waals surface area contributed by atoms with E-state index < -0.39 is 21.1 Å². The molecule has 9 heteroatoms. The molecule has 0 radical (unpaired) electrons. The fraction of sp³-hybridized carbons (Fsp3) is 0.227. The first-order chi connectivity index (χ1) is 14.8. The molecule has 0 spiro atoms. The van der Waals surface area contributed by atoms with Gasteiger partial charge in [-0.05, 0) is 36.8 Å². The van der Waals surface area contributed by atoms with E-state index in [-0.39, 0.29) is 11.4 Å². The molecule has 4 rings (SSSR count). The van der Waals surface area contributed by atoms with Crippen LogP contribution in [0, 0.1) is 0 Å². The highest BCUT2D eigenvalue weighted by Crippen LogP contribution is 2.22. The zero-order valence-electron chi connectivity index (χ0n) is 17.4. The number of rotatable bonds is 5. The predicted octanol–water partition coefficient (Wildman–Crippen LogP) is 2.03. The molecular formula is C22H22N4O4S. The molecular weight excluding hydrogens is 416 g/mol. The Balaban J connectivity index is 2.04. The van der Waals surface area contributed by atoms with Crippen molar-refractivity contribution in [1.82, 2.24) is 18.4 Å². The molecule has 0 amide bonds. The summed E-state index contributed by atoms with van der Waals surface area (Å²) in [5, 5.41) is 0.912. The largest absolute Gasteiger partial charge is 0.317 e. The molecule has 160 valence electrons. The van der Waals surface area contributed by atoms with E-state index in [4.69, 9.17) is 0 Å². The van der Waals surface area contributed by atoms with E-state index in [0.29, 0.717) is 17.6 Å². The van der Waals surface area contributed by atoms with Gasteiger partial charge in [-0.15, -0.1) is 0 Å². The molecule has 0 unspecified atom stereocenters. The van der Waals surface area contributed by atoms with Crippen LogP contribution in [0.1, 0.15) is 12.5 Å². The summed E-state index contributed by atoms with van der Waals surface area (Å²) in [7, 11) is -0.825. The molecule has 0 N–H and O–H groups in total. The van der Waals surface area contributed by atoms with E-state index in [2.05, 4.69) is 4.98 Å². The minimum Gasteiger partial charge on any atom is -0.302 e. The lowest BCUT2D eigenvalue weighted by molar-refractivity contribution is 0.521. The summed E-state index contributed by atoms with van der Waals surface area (Å²) in [5.74, 6) is 0. The Kier molecular flexibility index (Phi) is 5.24. The van der Waals surface area contributed by atoms with Crippen LogP contribution in [0.2, 0.25) is 0 Å². The van der Waals surface area contributed by atoms with E-state index in [1.54, 1.807) is 19.2 Å². The average Bonchev–Trinajstić information content (AvgIpc) is 2.77. The van der Waals surface area contributed by atoms with Crippen molar-refractivity contribution < 1.29 is 8.42 Å². The Morgan fingerprint density at radius 2 is 1.65 bits per heavy atom. The van der Waals surface area contributed by atoms with E-state index in [9.17, 15) is 18.0 Å². The number of hydrogen-bond donors (Lipinski definition) is 0. The summed E-state index contributed by atoms with van der Waals surface area (Å²) in [5.41, 5.74) is 1.01. The van der Waals surface area contributed by atoms with Crippen molar-refractivity contribution in [3.8, 4) is 0 Å². The maximum atomic E-state index is 13.0. The molecule has 2 aromatic carbocycles. The first-order valence-electron chi connectivity index (χ1n) is 9.78. The SMILES string of the molecule is CCn1c(=O)c(=O)n(Cc2cccc3cccnc23)c2cc(S(=O)(=O)N(C)C)ccc21. The zero-order chi connectivity index (χ0) is 22.3. The molecule has 8 nitrogen and oxygen atoms in total. The monoisotopic (exact) mass is 438 g/mol. The zero-order valence-corrected chi connectivity index (χ0v) is 18.3. The highest BCUT2D eigenvalue weighted by molar-refractivity contribution is 7.89. The lowest BCUT2D eigenvalue weighted by Crippen LogP contribution is -2.41. The summed E-state index contributed by atoms with van der Waals surface area (Å²) in [4.78, 5) is 30.3. The molecule has 2 aromatic heterocycles. The van der Waals surface area contributed by atoms with Gasteiger partial charge in [0.25, 0.3) is 0 Å². The normalized spacial score (nSPS) is 12.1. The van der Waals surface area contributed by atoms with Crippen molar-refractivity contribution in [2.75, 3.05) is 14.1 Å². The molecule has 2 heterocycles. The van der Waals surface area contributed by atoms with Crippen LogP contribution in [0.5, 0.6) is 0 Å². The Labute approximate surface area is 179 Å². The van der Waals surface area contributed by atoms with Crippen molar-refractivity contribution in [3.05, 3.63) is 81.0 Å². The van der Waals surface area contributed by atoms with Gasteiger partial charge in [0.05, 0.1) is 28.0 Å². The number of aryl methyl sites for hydroxylation is 1. The highest BCUT2D eigenvalue weighted by atomic mass is 32.2. The predicted molar refractivity (Wildman–Crippen MR) is 120 cm³/mol. The third-order valence-corrected chi connectivity index (χ3v) is 7.15. The Morgan fingerprint density at radius 1 is 0.935 bits per heavy atom. The second kappa shape index (κ2) is 7.75. The van der Waals surface area contributed by atoms with Crippen LogP contribution in [-0.2, 0) is 23.1 Å². The average molecular weight is 439 g/mol. The fourth-order valence-electron chi connectivity index (χ4n) is 3.70. The molecule has 0 aliphatic rings. The molecule has 0 aliphatic carbocycles. The molecule has 31 heavy (non-hydrogen) atoms. The number of para-hydroxylation sites is 1. The van der Waals surface area contributed by atoms with E-state index in [1.807, 2.05) is 30.3 Å². The minimum absolute atomic E-state index is 0.0514. The van der Waals surface area contributed by atoms with Crippen molar-refractivity contribution >= 4 is 32.0 Å². The number of nitrogens with zero attached hydrogens (tertiary/aromatic N) is 4. The lowest BCUT2D eigenvalue weighted by Gasteiger charge is -2.17. The maximum Gasteiger partial charge on any atom is 0.317 e. The smallest absolute Gasteiger partial charge is 0.302 e. The third kappa shape index (κ3) is 3.45. The van der Waals surface area contributed by atoms with Gasteiger partial charge >= 0.3 is 11.1 Å².